The second-order valence-corrected chi connectivity index (χ2v) is 6.38. The summed E-state index contributed by atoms with van der Waals surface area (Å²) in [5.41, 5.74) is 7.09. The Morgan fingerprint density at radius 1 is 1.54 bits per heavy atom. The summed E-state index contributed by atoms with van der Waals surface area (Å²) in [5.74, 6) is 5.73. The van der Waals surface area contributed by atoms with Crippen LogP contribution in [0, 0.1) is 11.8 Å². The predicted octanol–water partition coefficient (Wildman–Crippen LogP) is 1.79. The molecule has 0 fully saturated rings. The van der Waals surface area contributed by atoms with Crippen LogP contribution in [0.2, 0.25) is 0 Å². The number of nitrogens with two attached hydrogens (primary N) is 1. The molecule has 0 saturated heterocycles. The zero-order valence-electron chi connectivity index (χ0n) is 13.4. The van der Waals surface area contributed by atoms with E-state index in [2.05, 4.69) is 21.8 Å². The van der Waals surface area contributed by atoms with Gasteiger partial charge in [0.15, 0.2) is 11.7 Å². The lowest BCUT2D eigenvalue weighted by Gasteiger charge is -2.25. The third-order valence-corrected chi connectivity index (χ3v) is 4.77. The first-order chi connectivity index (χ1) is 11.5. The van der Waals surface area contributed by atoms with Crippen molar-refractivity contribution in [2.24, 2.45) is 10.7 Å². The number of carbonyl (C=O) groups is 2. The maximum absolute atomic E-state index is 12.7. The van der Waals surface area contributed by atoms with E-state index in [4.69, 9.17) is 5.73 Å². The Bertz CT molecular complexity index is 920. The molecule has 1 amide bonds. The summed E-state index contributed by atoms with van der Waals surface area (Å²) >= 11 is 1.42. The number of guanidine groups is 1. The molecule has 1 unspecified atom stereocenters. The van der Waals surface area contributed by atoms with E-state index in [1.807, 2.05) is 6.07 Å². The minimum atomic E-state index is -0.414. The van der Waals surface area contributed by atoms with E-state index < -0.39 is 6.04 Å². The van der Waals surface area contributed by atoms with Crippen molar-refractivity contribution >= 4 is 39.2 Å². The molecular weight excluding hydrogens is 324 g/mol. The van der Waals surface area contributed by atoms with Crippen LogP contribution < -0.4 is 5.73 Å². The summed E-state index contributed by atoms with van der Waals surface area (Å²) in [6, 6.07) is 1.46. The average molecular weight is 340 g/mol. The first kappa shape index (κ1) is 16.1. The predicted molar refractivity (Wildman–Crippen MR) is 93.9 cm³/mol. The van der Waals surface area contributed by atoms with Gasteiger partial charge in [0.05, 0.1) is 12.5 Å². The molecule has 3 heterocycles. The lowest BCUT2D eigenvalue weighted by Crippen LogP contribution is -2.45. The fraction of sp³-hybridized carbons (Fsp3) is 0.294. The summed E-state index contributed by atoms with van der Waals surface area (Å²) in [6.45, 7) is 1.75. The molecule has 0 aromatic carbocycles. The smallest absolute Gasteiger partial charge is 0.231 e. The number of nitrogens with zero attached hydrogens (tertiary/aromatic N) is 3. The van der Waals surface area contributed by atoms with Gasteiger partial charge in [-0.25, -0.2) is 9.98 Å². The Kier molecular flexibility index (Phi) is 4.32. The zero-order valence-corrected chi connectivity index (χ0v) is 14.2. The highest BCUT2D eigenvalue weighted by Gasteiger charge is 2.27. The first-order valence-corrected chi connectivity index (χ1v) is 8.30. The highest BCUT2D eigenvalue weighted by atomic mass is 32.1. The molecule has 122 valence electrons. The molecule has 1 aliphatic heterocycles. The van der Waals surface area contributed by atoms with Crippen molar-refractivity contribution in [3.63, 3.8) is 0 Å². The Labute approximate surface area is 143 Å². The lowest BCUT2D eigenvalue weighted by molar-refractivity contribution is -0.127. The van der Waals surface area contributed by atoms with Crippen LogP contribution >= 0.6 is 11.3 Å². The van der Waals surface area contributed by atoms with E-state index in [0.717, 1.165) is 15.8 Å². The Morgan fingerprint density at radius 2 is 2.33 bits per heavy atom. The number of hydrogen-bond donors (Lipinski definition) is 1. The number of Topliss-reactive ketones (excluding diaryl/α,β-unsaturated/α-hetero) is 1. The van der Waals surface area contributed by atoms with Gasteiger partial charge in [-0.2, -0.15) is 0 Å². The maximum Gasteiger partial charge on any atom is 0.231 e. The molecular formula is C17H16N4O2S. The molecule has 0 bridgehead atoms. The number of aliphatic imine (C=N–C) groups is 1. The van der Waals surface area contributed by atoms with Gasteiger partial charge >= 0.3 is 0 Å². The summed E-state index contributed by atoms with van der Waals surface area (Å²) in [7, 11) is 1.58. The van der Waals surface area contributed by atoms with E-state index in [0.29, 0.717) is 5.56 Å². The van der Waals surface area contributed by atoms with E-state index in [1.54, 1.807) is 25.5 Å². The molecule has 2 aromatic heterocycles. The van der Waals surface area contributed by atoms with Gasteiger partial charge in [0.2, 0.25) is 5.91 Å². The third-order valence-electron chi connectivity index (χ3n) is 3.86. The second kappa shape index (κ2) is 6.42. The second-order valence-electron chi connectivity index (χ2n) is 5.53. The molecule has 0 spiro atoms. The van der Waals surface area contributed by atoms with Crippen molar-refractivity contribution in [1.82, 2.24) is 9.88 Å². The fourth-order valence-corrected chi connectivity index (χ4v) is 3.47. The molecule has 1 aliphatic rings. The number of carbonyl (C=O) groups excluding carboxylic acids is 2. The average Bonchev–Trinajstić information content (AvgIpc) is 2.96. The maximum atomic E-state index is 12.7. The number of fused-ring (bicyclic) bond motifs is 1. The summed E-state index contributed by atoms with van der Waals surface area (Å²) in [6.07, 6.45) is 2.04. The van der Waals surface area contributed by atoms with Crippen molar-refractivity contribution in [2.75, 3.05) is 7.05 Å². The molecule has 0 aliphatic carbocycles. The molecule has 2 aromatic rings. The van der Waals surface area contributed by atoms with Crippen LogP contribution in [0.1, 0.15) is 35.7 Å². The van der Waals surface area contributed by atoms with Gasteiger partial charge in [0.25, 0.3) is 0 Å². The summed E-state index contributed by atoms with van der Waals surface area (Å²) in [5, 5.41) is 2.59. The molecule has 0 radical (unpaired) electrons. The van der Waals surface area contributed by atoms with Crippen LogP contribution in [0.15, 0.2) is 22.6 Å². The van der Waals surface area contributed by atoms with Gasteiger partial charge in [-0.15, -0.1) is 17.3 Å². The molecule has 0 saturated carbocycles. The quantitative estimate of drug-likeness (QED) is 0.681. The molecule has 6 nitrogen and oxygen atoms in total. The van der Waals surface area contributed by atoms with E-state index in [-0.39, 0.29) is 30.5 Å². The summed E-state index contributed by atoms with van der Waals surface area (Å²) in [4.78, 5) is 35.2. The van der Waals surface area contributed by atoms with Crippen molar-refractivity contribution in [3.05, 3.63) is 28.8 Å². The Morgan fingerprint density at radius 3 is 3.04 bits per heavy atom. The Balaban J connectivity index is 1.87. The first-order valence-electron chi connectivity index (χ1n) is 7.42. The van der Waals surface area contributed by atoms with Crippen LogP contribution in [0.5, 0.6) is 0 Å². The monoisotopic (exact) mass is 340 g/mol. The largest absolute Gasteiger partial charge is 0.369 e. The van der Waals surface area contributed by atoms with Crippen LogP contribution in [-0.4, -0.2) is 40.6 Å². The molecule has 1 atom stereocenters. The summed E-state index contributed by atoms with van der Waals surface area (Å²) < 4.78 is 0. The van der Waals surface area contributed by atoms with Crippen LogP contribution in [0.3, 0.4) is 0 Å². The lowest BCUT2D eigenvalue weighted by atomic mass is 10.0. The van der Waals surface area contributed by atoms with Crippen molar-refractivity contribution < 1.29 is 9.59 Å². The number of hydrogen-bond acceptors (Lipinski definition) is 6. The minimum absolute atomic E-state index is 0.0661. The van der Waals surface area contributed by atoms with Gasteiger partial charge in [0, 0.05) is 41.6 Å². The SMILES string of the molecule is CC#Cc1cnc2scc(C(=O)CC3CC(=O)N(C)C(N)=N3)c2c1. The van der Waals surface area contributed by atoms with Crippen molar-refractivity contribution in [1.29, 1.82) is 0 Å². The fourth-order valence-electron chi connectivity index (χ4n) is 2.57. The standard InChI is InChI=1S/C17H16N4O2S/c1-3-4-10-5-12-13(9-24-16(12)19-8-10)14(22)6-11-7-15(23)21(2)17(18)20-11/h5,8-9,11H,6-7H2,1-2H3,(H2,18,20). The number of aromatic nitrogens is 1. The highest BCUT2D eigenvalue weighted by molar-refractivity contribution is 7.17. The van der Waals surface area contributed by atoms with Gasteiger partial charge in [0.1, 0.15) is 4.83 Å². The molecule has 3 rings (SSSR count). The topological polar surface area (TPSA) is 88.7 Å². The number of amides is 1. The molecule has 2 N–H and O–H groups in total. The van der Waals surface area contributed by atoms with Crippen LogP contribution in [-0.2, 0) is 4.79 Å². The minimum Gasteiger partial charge on any atom is -0.369 e. The van der Waals surface area contributed by atoms with E-state index in [9.17, 15) is 9.59 Å². The number of pyridine rings is 1. The third kappa shape index (κ3) is 3.01. The van der Waals surface area contributed by atoms with Gasteiger partial charge in [-0.1, -0.05) is 5.92 Å². The van der Waals surface area contributed by atoms with Crippen LogP contribution in [0.25, 0.3) is 10.2 Å². The van der Waals surface area contributed by atoms with Gasteiger partial charge < -0.3 is 5.73 Å². The molecule has 7 heteroatoms. The van der Waals surface area contributed by atoms with Crippen molar-refractivity contribution in [3.8, 4) is 11.8 Å². The van der Waals surface area contributed by atoms with Crippen molar-refractivity contribution in [2.45, 2.75) is 25.8 Å². The van der Waals surface area contributed by atoms with Crippen LogP contribution in [0.4, 0.5) is 0 Å². The number of ketones is 1. The Hall–Kier alpha value is -2.72. The number of thiophene rings is 1. The van der Waals surface area contributed by atoms with Gasteiger partial charge in [-0.3, -0.25) is 14.5 Å². The normalized spacial score (nSPS) is 17.4. The highest BCUT2D eigenvalue weighted by Crippen LogP contribution is 2.27. The zero-order chi connectivity index (χ0) is 17.3. The van der Waals surface area contributed by atoms with Gasteiger partial charge in [-0.05, 0) is 13.0 Å². The molecule has 24 heavy (non-hydrogen) atoms. The van der Waals surface area contributed by atoms with E-state index >= 15 is 0 Å². The number of rotatable bonds is 3. The van der Waals surface area contributed by atoms with E-state index in [1.165, 1.54) is 16.2 Å².